The predicted octanol–water partition coefficient (Wildman–Crippen LogP) is 0.710. The third kappa shape index (κ3) is 7.31. The topological polar surface area (TPSA) is 55.4 Å². The Bertz CT molecular complexity index is 168. The van der Waals surface area contributed by atoms with Gasteiger partial charge in [-0.3, -0.25) is 9.59 Å². The van der Waals surface area contributed by atoms with E-state index in [9.17, 15) is 9.59 Å². The van der Waals surface area contributed by atoms with Crippen LogP contribution in [0.3, 0.4) is 0 Å². The van der Waals surface area contributed by atoms with Gasteiger partial charge in [-0.15, -0.1) is 0 Å². The van der Waals surface area contributed by atoms with Crippen molar-refractivity contribution in [1.29, 1.82) is 0 Å². The van der Waals surface area contributed by atoms with E-state index in [0.717, 1.165) is 6.42 Å². The first-order chi connectivity index (χ1) is 6.06. The molecule has 0 aromatic carbocycles. The van der Waals surface area contributed by atoms with Crippen LogP contribution in [0.15, 0.2) is 0 Å². The molecule has 0 aliphatic carbocycles. The van der Waals surface area contributed by atoms with Crippen LogP contribution in [0.2, 0.25) is 0 Å². The highest BCUT2D eigenvalue weighted by atomic mass is 16.5. The van der Waals surface area contributed by atoms with Crippen LogP contribution in [0.25, 0.3) is 0 Å². The van der Waals surface area contributed by atoms with Gasteiger partial charge in [0.25, 0.3) is 0 Å². The highest BCUT2D eigenvalue weighted by Gasteiger charge is 2.10. The molecule has 0 spiro atoms. The third-order valence-electron chi connectivity index (χ3n) is 1.55. The van der Waals surface area contributed by atoms with Gasteiger partial charge in [-0.05, 0) is 12.3 Å². The van der Waals surface area contributed by atoms with E-state index in [-0.39, 0.29) is 18.6 Å². The van der Waals surface area contributed by atoms with E-state index in [1.54, 1.807) is 0 Å². The van der Waals surface area contributed by atoms with E-state index < -0.39 is 0 Å². The van der Waals surface area contributed by atoms with Crippen LogP contribution in [0, 0.1) is 5.92 Å². The second kappa shape index (κ2) is 6.46. The predicted molar refractivity (Wildman–Crippen MR) is 49.1 cm³/mol. The summed E-state index contributed by atoms with van der Waals surface area (Å²) in [6, 6.07) is -0.0681. The van der Waals surface area contributed by atoms with Gasteiger partial charge < -0.3 is 10.1 Å². The third-order valence-corrected chi connectivity index (χ3v) is 1.55. The summed E-state index contributed by atoms with van der Waals surface area (Å²) in [6.45, 7) is 5.71. The van der Waals surface area contributed by atoms with Gasteiger partial charge in [0.1, 0.15) is 6.61 Å². The van der Waals surface area contributed by atoms with Crippen molar-refractivity contribution in [2.45, 2.75) is 33.2 Å². The Balaban J connectivity index is 3.79. The Morgan fingerprint density at radius 1 is 1.54 bits per heavy atom. The molecule has 0 fully saturated rings. The molecular weight excluding hydrogens is 170 g/mol. The molecule has 0 radical (unpaired) electrons. The van der Waals surface area contributed by atoms with Gasteiger partial charge in [-0.25, -0.2) is 0 Å². The average molecular weight is 187 g/mol. The first kappa shape index (κ1) is 11.9. The van der Waals surface area contributed by atoms with Crippen molar-refractivity contribution in [3.8, 4) is 0 Å². The standard InChI is InChI=1S/C9H17NO3/c1-7(2)4-9(10-6-11)5-13-8(3)12/h6-7,9H,4-5H2,1-3H3,(H,10,11)/t9-/m0/s1. The minimum Gasteiger partial charge on any atom is -0.464 e. The Labute approximate surface area is 78.6 Å². The average Bonchev–Trinajstić information content (AvgIpc) is 1.99. The van der Waals surface area contributed by atoms with Crippen molar-refractivity contribution in [3.05, 3.63) is 0 Å². The molecule has 13 heavy (non-hydrogen) atoms. The summed E-state index contributed by atoms with van der Waals surface area (Å²) in [5.41, 5.74) is 0. The van der Waals surface area contributed by atoms with Gasteiger partial charge in [0, 0.05) is 6.92 Å². The number of esters is 1. The van der Waals surface area contributed by atoms with Crippen LogP contribution in [0.1, 0.15) is 27.2 Å². The zero-order valence-electron chi connectivity index (χ0n) is 8.37. The van der Waals surface area contributed by atoms with Crippen LogP contribution < -0.4 is 5.32 Å². The monoisotopic (exact) mass is 187 g/mol. The summed E-state index contributed by atoms with van der Waals surface area (Å²) < 4.78 is 4.80. The maximum absolute atomic E-state index is 10.5. The van der Waals surface area contributed by atoms with E-state index in [1.807, 2.05) is 13.8 Å². The van der Waals surface area contributed by atoms with Gasteiger partial charge in [0.2, 0.25) is 6.41 Å². The van der Waals surface area contributed by atoms with Crippen molar-refractivity contribution in [2.75, 3.05) is 6.61 Å². The lowest BCUT2D eigenvalue weighted by Gasteiger charge is -2.17. The SMILES string of the molecule is CC(=O)OC[C@H](CC(C)C)NC=O. The van der Waals surface area contributed by atoms with E-state index in [4.69, 9.17) is 4.74 Å². The zero-order valence-corrected chi connectivity index (χ0v) is 8.37. The molecule has 4 heteroatoms. The zero-order chi connectivity index (χ0) is 10.3. The summed E-state index contributed by atoms with van der Waals surface area (Å²) >= 11 is 0. The van der Waals surface area contributed by atoms with Crippen LogP contribution in [-0.2, 0) is 14.3 Å². The number of nitrogens with one attached hydrogen (secondary N) is 1. The quantitative estimate of drug-likeness (QED) is 0.492. The summed E-state index contributed by atoms with van der Waals surface area (Å²) in [5.74, 6) is 0.148. The van der Waals surface area contributed by atoms with Crippen molar-refractivity contribution in [3.63, 3.8) is 0 Å². The van der Waals surface area contributed by atoms with Gasteiger partial charge in [-0.1, -0.05) is 13.8 Å². The Hall–Kier alpha value is -1.06. The van der Waals surface area contributed by atoms with Crippen LogP contribution in [0.5, 0.6) is 0 Å². The van der Waals surface area contributed by atoms with Crippen LogP contribution in [-0.4, -0.2) is 25.0 Å². The van der Waals surface area contributed by atoms with Crippen molar-refractivity contribution in [1.82, 2.24) is 5.32 Å². The number of carbonyl (C=O) groups excluding carboxylic acids is 2. The fraction of sp³-hybridized carbons (Fsp3) is 0.778. The van der Waals surface area contributed by atoms with Gasteiger partial charge >= 0.3 is 5.97 Å². The minimum absolute atomic E-state index is 0.0681. The molecule has 0 heterocycles. The number of hydrogen-bond acceptors (Lipinski definition) is 3. The largest absolute Gasteiger partial charge is 0.464 e. The van der Waals surface area contributed by atoms with E-state index in [1.165, 1.54) is 6.92 Å². The highest BCUT2D eigenvalue weighted by Crippen LogP contribution is 2.04. The Morgan fingerprint density at radius 3 is 2.54 bits per heavy atom. The minimum atomic E-state index is -0.318. The second-order valence-electron chi connectivity index (χ2n) is 3.41. The first-order valence-electron chi connectivity index (χ1n) is 4.39. The first-order valence-corrected chi connectivity index (χ1v) is 4.39. The number of ether oxygens (including phenoxy) is 1. The molecule has 1 amide bonds. The van der Waals surface area contributed by atoms with E-state index in [2.05, 4.69) is 5.32 Å². The summed E-state index contributed by atoms with van der Waals surface area (Å²) in [6.07, 6.45) is 1.45. The molecule has 0 saturated carbocycles. The molecule has 1 N–H and O–H groups in total. The number of hydrogen-bond donors (Lipinski definition) is 1. The van der Waals surface area contributed by atoms with Crippen molar-refractivity contribution in [2.24, 2.45) is 5.92 Å². The molecular formula is C9H17NO3. The lowest BCUT2D eigenvalue weighted by atomic mass is 10.0. The van der Waals surface area contributed by atoms with Gasteiger partial charge in [-0.2, -0.15) is 0 Å². The Morgan fingerprint density at radius 2 is 2.15 bits per heavy atom. The number of amides is 1. The maximum Gasteiger partial charge on any atom is 0.302 e. The van der Waals surface area contributed by atoms with Crippen molar-refractivity contribution < 1.29 is 14.3 Å². The normalized spacial score (nSPS) is 12.3. The lowest BCUT2D eigenvalue weighted by Crippen LogP contribution is -2.34. The smallest absolute Gasteiger partial charge is 0.302 e. The number of carbonyl (C=O) groups is 2. The van der Waals surface area contributed by atoms with Crippen LogP contribution >= 0.6 is 0 Å². The summed E-state index contributed by atoms with van der Waals surface area (Å²) in [5, 5.41) is 2.61. The summed E-state index contributed by atoms with van der Waals surface area (Å²) in [7, 11) is 0. The molecule has 0 unspecified atom stereocenters. The molecule has 1 atom stereocenters. The van der Waals surface area contributed by atoms with Gasteiger partial charge in [0.05, 0.1) is 6.04 Å². The molecule has 4 nitrogen and oxygen atoms in total. The molecule has 0 aliphatic heterocycles. The van der Waals surface area contributed by atoms with E-state index in [0.29, 0.717) is 12.3 Å². The Kier molecular flexibility index (Phi) is 5.93. The lowest BCUT2D eigenvalue weighted by molar-refractivity contribution is -0.142. The number of rotatable bonds is 6. The molecule has 0 rings (SSSR count). The molecule has 76 valence electrons. The molecule has 0 saturated heterocycles. The van der Waals surface area contributed by atoms with Gasteiger partial charge in [0.15, 0.2) is 0 Å². The maximum atomic E-state index is 10.5. The molecule has 0 aromatic rings. The van der Waals surface area contributed by atoms with Crippen molar-refractivity contribution >= 4 is 12.4 Å². The highest BCUT2D eigenvalue weighted by molar-refractivity contribution is 5.65. The molecule has 0 bridgehead atoms. The second-order valence-corrected chi connectivity index (χ2v) is 3.41. The fourth-order valence-corrected chi connectivity index (χ4v) is 1.07. The molecule has 0 aliphatic rings. The van der Waals surface area contributed by atoms with E-state index >= 15 is 0 Å². The fourth-order valence-electron chi connectivity index (χ4n) is 1.07. The summed E-state index contributed by atoms with van der Waals surface area (Å²) in [4.78, 5) is 20.7. The molecule has 0 aromatic heterocycles. The van der Waals surface area contributed by atoms with Crippen LogP contribution in [0.4, 0.5) is 0 Å².